The van der Waals surface area contributed by atoms with Gasteiger partial charge in [-0.25, -0.2) is 9.97 Å². The van der Waals surface area contributed by atoms with Gasteiger partial charge < -0.3 is 11.5 Å². The molecule has 3 aromatic heterocycles. The second-order valence-electron chi connectivity index (χ2n) is 3.67. The lowest BCUT2D eigenvalue weighted by Crippen LogP contribution is -2.04. The summed E-state index contributed by atoms with van der Waals surface area (Å²) in [5.41, 5.74) is 11.7. The molecule has 3 heterocycles. The van der Waals surface area contributed by atoms with Gasteiger partial charge in [0.05, 0.1) is 12.4 Å². The fourth-order valence-electron chi connectivity index (χ4n) is 1.30. The van der Waals surface area contributed by atoms with Crippen molar-refractivity contribution in [3.63, 3.8) is 0 Å². The van der Waals surface area contributed by atoms with Crippen LogP contribution in [0.3, 0.4) is 0 Å². The fourth-order valence-corrected chi connectivity index (χ4v) is 1.30. The van der Waals surface area contributed by atoms with Crippen molar-refractivity contribution >= 4 is 11.9 Å². The van der Waals surface area contributed by atoms with Crippen LogP contribution in [0, 0.1) is 11.3 Å². The zero-order valence-electron chi connectivity index (χ0n) is 11.2. The minimum absolute atomic E-state index is 0.0677. The van der Waals surface area contributed by atoms with E-state index >= 15 is 0 Å². The Kier molecular flexibility index (Phi) is 4.77. The van der Waals surface area contributed by atoms with Gasteiger partial charge in [-0.1, -0.05) is 0 Å². The van der Waals surface area contributed by atoms with Gasteiger partial charge in [0, 0.05) is 24.8 Å². The van der Waals surface area contributed by atoms with Crippen LogP contribution in [0.4, 0.5) is 11.9 Å². The normalized spacial score (nSPS) is 9.23. The molecule has 10 heteroatoms. The zero-order valence-corrected chi connectivity index (χ0v) is 11.2. The van der Waals surface area contributed by atoms with Crippen LogP contribution in [0.5, 0.6) is 0 Å². The average Bonchev–Trinajstić information content (AvgIpc) is 2.56. The van der Waals surface area contributed by atoms with E-state index < -0.39 is 0 Å². The molecule has 0 amide bonds. The molecule has 0 saturated carbocycles. The smallest absolute Gasteiger partial charge is 0.225 e. The fraction of sp³-hybridized carbons (Fsp3) is 0. The van der Waals surface area contributed by atoms with Crippen molar-refractivity contribution in [1.82, 2.24) is 34.9 Å². The number of nitriles is 1. The molecule has 0 atom stereocenters. The Morgan fingerprint density at radius 1 is 0.818 bits per heavy atom. The van der Waals surface area contributed by atoms with Gasteiger partial charge in [-0.2, -0.15) is 20.2 Å². The predicted octanol–water partition coefficient (Wildman–Crippen LogP) is -0.159. The summed E-state index contributed by atoms with van der Waals surface area (Å²) in [5, 5.41) is 8.19. The van der Waals surface area contributed by atoms with E-state index in [2.05, 4.69) is 34.9 Å². The molecule has 22 heavy (non-hydrogen) atoms. The van der Waals surface area contributed by atoms with Crippen LogP contribution in [-0.2, 0) is 0 Å². The van der Waals surface area contributed by atoms with E-state index in [1.165, 1.54) is 31.0 Å². The van der Waals surface area contributed by atoms with Crippen molar-refractivity contribution < 1.29 is 0 Å². The molecule has 0 saturated heterocycles. The van der Waals surface area contributed by atoms with Gasteiger partial charge in [0.1, 0.15) is 11.8 Å². The monoisotopic (exact) mass is 294 g/mol. The van der Waals surface area contributed by atoms with Crippen LogP contribution in [0.25, 0.3) is 11.5 Å². The number of rotatable bonds is 1. The first-order valence-corrected chi connectivity index (χ1v) is 5.88. The SMILES string of the molecule is N#Cc1cnccn1.Nc1nc(N)nc(-c2cnccn2)n1. The third-order valence-electron chi connectivity index (χ3n) is 2.14. The van der Waals surface area contributed by atoms with Crippen molar-refractivity contribution in [3.05, 3.63) is 42.9 Å². The lowest BCUT2D eigenvalue weighted by molar-refractivity contribution is 1.06. The van der Waals surface area contributed by atoms with Gasteiger partial charge in [-0.05, 0) is 0 Å². The van der Waals surface area contributed by atoms with Gasteiger partial charge in [0.15, 0.2) is 11.5 Å². The largest absolute Gasteiger partial charge is 0.368 e. The molecule has 108 valence electrons. The van der Waals surface area contributed by atoms with Gasteiger partial charge in [0.2, 0.25) is 11.9 Å². The van der Waals surface area contributed by atoms with Crippen LogP contribution in [0.2, 0.25) is 0 Å². The quantitative estimate of drug-likeness (QED) is 0.615. The molecule has 0 aliphatic carbocycles. The Morgan fingerprint density at radius 2 is 1.45 bits per heavy atom. The van der Waals surface area contributed by atoms with E-state index in [1.54, 1.807) is 6.20 Å². The summed E-state index contributed by atoms with van der Waals surface area (Å²) < 4.78 is 0. The summed E-state index contributed by atoms with van der Waals surface area (Å²) in [4.78, 5) is 26.6. The summed E-state index contributed by atoms with van der Waals surface area (Å²) in [7, 11) is 0. The Balaban J connectivity index is 0.000000188. The molecular formula is C12H10N10. The molecule has 10 nitrogen and oxygen atoms in total. The van der Waals surface area contributed by atoms with Gasteiger partial charge in [-0.3, -0.25) is 9.97 Å². The van der Waals surface area contributed by atoms with Gasteiger partial charge in [0.25, 0.3) is 0 Å². The van der Waals surface area contributed by atoms with E-state index in [0.717, 1.165) is 0 Å². The first-order valence-electron chi connectivity index (χ1n) is 5.88. The summed E-state index contributed by atoms with van der Waals surface area (Å²) in [6.45, 7) is 0. The van der Waals surface area contributed by atoms with E-state index in [-0.39, 0.29) is 11.9 Å². The summed E-state index contributed by atoms with van der Waals surface area (Å²) >= 11 is 0. The molecule has 0 aromatic carbocycles. The number of aromatic nitrogens is 7. The maximum atomic E-state index is 8.19. The number of nitrogen functional groups attached to an aromatic ring is 2. The second-order valence-corrected chi connectivity index (χ2v) is 3.67. The minimum Gasteiger partial charge on any atom is -0.368 e. The highest BCUT2D eigenvalue weighted by Gasteiger charge is 2.05. The van der Waals surface area contributed by atoms with Crippen molar-refractivity contribution in [2.24, 2.45) is 0 Å². The summed E-state index contributed by atoms with van der Waals surface area (Å²) in [6, 6.07) is 1.85. The van der Waals surface area contributed by atoms with E-state index in [4.69, 9.17) is 16.7 Å². The summed E-state index contributed by atoms with van der Waals surface area (Å²) in [6.07, 6.45) is 9.04. The third kappa shape index (κ3) is 4.14. The predicted molar refractivity (Wildman–Crippen MR) is 76.4 cm³/mol. The van der Waals surface area contributed by atoms with E-state index in [1.807, 2.05) is 6.07 Å². The molecule has 0 radical (unpaired) electrons. The lowest BCUT2D eigenvalue weighted by Gasteiger charge is -1.99. The van der Waals surface area contributed by atoms with Gasteiger partial charge in [-0.15, -0.1) is 0 Å². The van der Waals surface area contributed by atoms with E-state index in [9.17, 15) is 0 Å². The van der Waals surface area contributed by atoms with Crippen LogP contribution >= 0.6 is 0 Å². The minimum atomic E-state index is 0.0677. The number of hydrogen-bond acceptors (Lipinski definition) is 10. The van der Waals surface area contributed by atoms with Crippen molar-refractivity contribution in [2.45, 2.75) is 0 Å². The van der Waals surface area contributed by atoms with Crippen molar-refractivity contribution in [1.29, 1.82) is 5.26 Å². The molecule has 0 spiro atoms. The third-order valence-corrected chi connectivity index (χ3v) is 2.14. The lowest BCUT2D eigenvalue weighted by atomic mass is 10.4. The zero-order chi connectivity index (χ0) is 15.8. The molecular weight excluding hydrogens is 284 g/mol. The molecule has 0 fully saturated rings. The van der Waals surface area contributed by atoms with Crippen molar-refractivity contribution in [2.75, 3.05) is 11.5 Å². The first kappa shape index (κ1) is 14.7. The standard InChI is InChI=1S/C7H7N7.C5H3N3/c8-6-12-5(13-7(9)14-6)4-3-10-1-2-11-4;6-3-5-4-7-1-2-8-5/h1-3H,(H4,8,9,12,13,14);1-2,4H. The Morgan fingerprint density at radius 3 is 1.91 bits per heavy atom. The number of nitrogens with zero attached hydrogens (tertiary/aromatic N) is 8. The summed E-state index contributed by atoms with van der Waals surface area (Å²) in [5.74, 6) is 0.458. The van der Waals surface area contributed by atoms with E-state index in [0.29, 0.717) is 17.2 Å². The topological polar surface area (TPSA) is 166 Å². The average molecular weight is 294 g/mol. The molecule has 4 N–H and O–H groups in total. The highest BCUT2D eigenvalue weighted by Crippen LogP contribution is 2.10. The number of nitrogens with two attached hydrogens (primary N) is 2. The second kappa shape index (κ2) is 7.15. The Bertz CT molecular complexity index is 749. The molecule has 3 aromatic rings. The van der Waals surface area contributed by atoms with Crippen LogP contribution in [0.15, 0.2) is 37.2 Å². The molecule has 3 rings (SSSR count). The molecule has 0 aliphatic heterocycles. The van der Waals surface area contributed by atoms with Crippen LogP contribution in [0.1, 0.15) is 5.69 Å². The maximum Gasteiger partial charge on any atom is 0.225 e. The Labute approximate surface area is 125 Å². The molecule has 0 bridgehead atoms. The molecule has 0 unspecified atom stereocenters. The van der Waals surface area contributed by atoms with Crippen LogP contribution < -0.4 is 11.5 Å². The van der Waals surface area contributed by atoms with Crippen LogP contribution in [-0.4, -0.2) is 34.9 Å². The maximum absolute atomic E-state index is 8.19. The Hall–Kier alpha value is -3.74. The number of anilines is 2. The highest BCUT2D eigenvalue weighted by molar-refractivity contribution is 5.50. The number of hydrogen-bond donors (Lipinski definition) is 2. The first-order chi connectivity index (χ1) is 10.7. The molecule has 0 aliphatic rings. The van der Waals surface area contributed by atoms with Crippen molar-refractivity contribution in [3.8, 4) is 17.6 Å². The highest BCUT2D eigenvalue weighted by atomic mass is 15.1. The van der Waals surface area contributed by atoms with Gasteiger partial charge >= 0.3 is 0 Å².